The number of aromatic nitrogens is 2. The quantitative estimate of drug-likeness (QED) is 0.667. The molecule has 1 fully saturated rings. The van der Waals surface area contributed by atoms with Crippen molar-refractivity contribution in [2.24, 2.45) is 0 Å². The van der Waals surface area contributed by atoms with Gasteiger partial charge in [-0.05, 0) is 24.6 Å². The number of carbonyl (C=O) groups excluding carboxylic acids is 1. The first kappa shape index (κ1) is 21.3. The zero-order chi connectivity index (χ0) is 21.0. The van der Waals surface area contributed by atoms with Crippen LogP contribution in [0.25, 0.3) is 0 Å². The van der Waals surface area contributed by atoms with Gasteiger partial charge < -0.3 is 9.42 Å². The van der Waals surface area contributed by atoms with Crippen LogP contribution in [-0.4, -0.2) is 59.8 Å². The molecule has 1 saturated heterocycles. The van der Waals surface area contributed by atoms with Gasteiger partial charge in [0.2, 0.25) is 21.8 Å². The van der Waals surface area contributed by atoms with Crippen molar-refractivity contribution in [3.05, 3.63) is 41.5 Å². The molecule has 8 nitrogen and oxygen atoms in total. The fraction of sp³-hybridized carbons (Fsp3) is 0.500. The van der Waals surface area contributed by atoms with Gasteiger partial charge in [-0.3, -0.25) is 4.79 Å². The van der Waals surface area contributed by atoms with Gasteiger partial charge in [0.25, 0.3) is 0 Å². The van der Waals surface area contributed by atoms with Gasteiger partial charge in [-0.15, -0.1) is 0 Å². The van der Waals surface area contributed by atoms with E-state index in [1.807, 2.05) is 6.92 Å². The number of hydrogen-bond acceptors (Lipinski definition) is 6. The third kappa shape index (κ3) is 4.96. The molecule has 1 aromatic heterocycles. The number of benzene rings is 1. The highest BCUT2D eigenvalue weighted by Crippen LogP contribution is 2.20. The smallest absolute Gasteiger partial charge is 0.243 e. The lowest BCUT2D eigenvalue weighted by Gasteiger charge is -2.34. The Kier molecular flexibility index (Phi) is 6.58. The van der Waals surface area contributed by atoms with Crippen LogP contribution >= 0.6 is 0 Å². The number of nitrogens with zero attached hydrogens (tertiary/aromatic N) is 4. The number of halogens is 2. The van der Waals surface area contributed by atoms with Crippen molar-refractivity contribution in [2.45, 2.75) is 37.5 Å². The Morgan fingerprint density at radius 2 is 1.90 bits per heavy atom. The fourth-order valence-electron chi connectivity index (χ4n) is 3.05. The molecule has 0 aliphatic carbocycles. The third-order valence-corrected chi connectivity index (χ3v) is 6.62. The van der Waals surface area contributed by atoms with E-state index in [0.717, 1.165) is 12.1 Å². The zero-order valence-electron chi connectivity index (χ0n) is 16.0. The molecule has 29 heavy (non-hydrogen) atoms. The summed E-state index contributed by atoms with van der Waals surface area (Å²) < 4.78 is 57.9. The van der Waals surface area contributed by atoms with Gasteiger partial charge >= 0.3 is 0 Å². The summed E-state index contributed by atoms with van der Waals surface area (Å²) in [6.07, 6.45) is 2.03. The Labute approximate surface area is 167 Å². The Morgan fingerprint density at radius 3 is 2.52 bits per heavy atom. The number of piperazine rings is 1. The van der Waals surface area contributed by atoms with Crippen molar-refractivity contribution in [3.8, 4) is 0 Å². The zero-order valence-corrected chi connectivity index (χ0v) is 16.8. The van der Waals surface area contributed by atoms with Crippen LogP contribution in [0.5, 0.6) is 0 Å². The molecular weight excluding hydrogens is 406 g/mol. The van der Waals surface area contributed by atoms with Gasteiger partial charge in [-0.25, -0.2) is 17.2 Å². The molecule has 11 heteroatoms. The third-order valence-electron chi connectivity index (χ3n) is 4.73. The minimum absolute atomic E-state index is 0.0786. The van der Waals surface area contributed by atoms with E-state index < -0.39 is 21.7 Å². The number of rotatable bonds is 7. The second-order valence-corrected chi connectivity index (χ2v) is 8.61. The molecule has 0 spiro atoms. The molecule has 0 saturated carbocycles. The van der Waals surface area contributed by atoms with Crippen LogP contribution in [0, 0.1) is 11.6 Å². The Bertz CT molecular complexity index is 972. The van der Waals surface area contributed by atoms with E-state index in [1.54, 1.807) is 4.90 Å². The van der Waals surface area contributed by atoms with Crippen LogP contribution in [0.15, 0.2) is 27.6 Å². The van der Waals surface area contributed by atoms with E-state index in [0.29, 0.717) is 43.5 Å². The molecule has 0 unspecified atom stereocenters. The van der Waals surface area contributed by atoms with E-state index >= 15 is 0 Å². The molecule has 2 heterocycles. The SMILES string of the molecule is CCc1noc(CCCC(=O)N2CCN(S(=O)(=O)c3ccc(F)c(F)c3)CC2)n1. The summed E-state index contributed by atoms with van der Waals surface area (Å²) in [6, 6.07) is 2.49. The van der Waals surface area contributed by atoms with Crippen LogP contribution in [0.3, 0.4) is 0 Å². The lowest BCUT2D eigenvalue weighted by molar-refractivity contribution is -0.132. The first-order chi connectivity index (χ1) is 13.8. The second kappa shape index (κ2) is 8.95. The summed E-state index contributed by atoms with van der Waals surface area (Å²) in [7, 11) is -3.94. The van der Waals surface area contributed by atoms with E-state index in [1.165, 1.54) is 4.31 Å². The molecule has 158 valence electrons. The summed E-state index contributed by atoms with van der Waals surface area (Å²) in [4.78, 5) is 17.8. The van der Waals surface area contributed by atoms with Crippen LogP contribution < -0.4 is 0 Å². The molecule has 1 aliphatic heterocycles. The summed E-state index contributed by atoms with van der Waals surface area (Å²) >= 11 is 0. The van der Waals surface area contributed by atoms with Gasteiger partial charge in [0.15, 0.2) is 17.5 Å². The molecule has 0 atom stereocenters. The molecule has 3 rings (SSSR count). The fourth-order valence-corrected chi connectivity index (χ4v) is 4.48. The standard InChI is InChI=1S/C18H22F2N4O4S/c1-2-16-21-17(28-22-16)4-3-5-18(25)23-8-10-24(11-9-23)29(26,27)13-6-7-14(19)15(20)12-13/h6-7,12H,2-5,8-11H2,1H3. The van der Waals surface area contributed by atoms with Gasteiger partial charge in [-0.2, -0.15) is 9.29 Å². The molecule has 0 N–H and O–H groups in total. The predicted octanol–water partition coefficient (Wildman–Crippen LogP) is 1.77. The molecule has 1 aromatic carbocycles. The van der Waals surface area contributed by atoms with Gasteiger partial charge in [0, 0.05) is 45.4 Å². The summed E-state index contributed by atoms with van der Waals surface area (Å²) in [5, 5.41) is 3.80. The number of carbonyl (C=O) groups is 1. The number of aryl methyl sites for hydroxylation is 2. The first-order valence-corrected chi connectivity index (χ1v) is 10.8. The van der Waals surface area contributed by atoms with Crippen LogP contribution in [0.4, 0.5) is 8.78 Å². The highest BCUT2D eigenvalue weighted by atomic mass is 32.2. The summed E-state index contributed by atoms with van der Waals surface area (Å²) in [6.45, 7) is 2.59. The van der Waals surface area contributed by atoms with Gasteiger partial charge in [0.05, 0.1) is 4.90 Å². The highest BCUT2D eigenvalue weighted by Gasteiger charge is 2.30. The van der Waals surface area contributed by atoms with Crippen molar-refractivity contribution in [1.82, 2.24) is 19.3 Å². The predicted molar refractivity (Wildman–Crippen MR) is 98.3 cm³/mol. The molecular formula is C18H22F2N4O4S. The number of sulfonamides is 1. The minimum Gasteiger partial charge on any atom is -0.340 e. The van der Waals surface area contributed by atoms with Crippen LogP contribution in [0.2, 0.25) is 0 Å². The Hall–Kier alpha value is -2.40. The van der Waals surface area contributed by atoms with Gasteiger partial charge in [0.1, 0.15) is 0 Å². The minimum atomic E-state index is -3.94. The van der Waals surface area contributed by atoms with Crippen molar-refractivity contribution in [1.29, 1.82) is 0 Å². The average Bonchev–Trinajstić information content (AvgIpc) is 3.18. The lowest BCUT2D eigenvalue weighted by Crippen LogP contribution is -2.50. The van der Waals surface area contributed by atoms with E-state index in [9.17, 15) is 22.0 Å². The maximum absolute atomic E-state index is 13.4. The summed E-state index contributed by atoms with van der Waals surface area (Å²) in [5.41, 5.74) is 0. The maximum atomic E-state index is 13.4. The van der Waals surface area contributed by atoms with Crippen molar-refractivity contribution in [2.75, 3.05) is 26.2 Å². The van der Waals surface area contributed by atoms with Crippen molar-refractivity contribution < 1.29 is 26.5 Å². The molecule has 1 amide bonds. The molecule has 0 radical (unpaired) electrons. The van der Waals surface area contributed by atoms with Gasteiger partial charge in [-0.1, -0.05) is 12.1 Å². The van der Waals surface area contributed by atoms with Crippen LogP contribution in [-0.2, 0) is 27.7 Å². The Balaban J connectivity index is 1.50. The number of amides is 1. The Morgan fingerprint density at radius 1 is 1.17 bits per heavy atom. The lowest BCUT2D eigenvalue weighted by atomic mass is 10.2. The van der Waals surface area contributed by atoms with Crippen LogP contribution in [0.1, 0.15) is 31.5 Å². The summed E-state index contributed by atoms with van der Waals surface area (Å²) in [5.74, 6) is -1.27. The van der Waals surface area contributed by atoms with E-state index in [-0.39, 0.29) is 37.0 Å². The van der Waals surface area contributed by atoms with Crippen molar-refractivity contribution in [3.63, 3.8) is 0 Å². The monoisotopic (exact) mass is 428 g/mol. The topological polar surface area (TPSA) is 96.6 Å². The number of hydrogen-bond donors (Lipinski definition) is 0. The molecule has 2 aromatic rings. The van der Waals surface area contributed by atoms with E-state index in [4.69, 9.17) is 4.52 Å². The van der Waals surface area contributed by atoms with Crippen molar-refractivity contribution >= 4 is 15.9 Å². The molecule has 1 aliphatic rings. The second-order valence-electron chi connectivity index (χ2n) is 6.67. The average molecular weight is 428 g/mol. The highest BCUT2D eigenvalue weighted by molar-refractivity contribution is 7.89. The van der Waals surface area contributed by atoms with E-state index in [2.05, 4.69) is 10.1 Å². The maximum Gasteiger partial charge on any atom is 0.243 e. The first-order valence-electron chi connectivity index (χ1n) is 9.35. The normalized spacial score (nSPS) is 15.6. The largest absolute Gasteiger partial charge is 0.340 e. The molecule has 0 bridgehead atoms.